The van der Waals surface area contributed by atoms with Gasteiger partial charge in [-0.15, -0.1) is 0 Å². The van der Waals surface area contributed by atoms with Crippen molar-refractivity contribution in [1.29, 1.82) is 0 Å². The van der Waals surface area contributed by atoms with Crippen LogP contribution in [0.15, 0.2) is 48.5 Å². The minimum atomic E-state index is -1.45. The first-order valence-corrected chi connectivity index (χ1v) is 13.1. The minimum absolute atomic E-state index is 0. The zero-order chi connectivity index (χ0) is 21.4. The second-order valence-corrected chi connectivity index (χ2v) is 12.0. The molecule has 31 heavy (non-hydrogen) atoms. The molecule has 1 aliphatic rings. The van der Waals surface area contributed by atoms with Crippen molar-refractivity contribution >= 4 is 24.8 Å². The summed E-state index contributed by atoms with van der Waals surface area (Å²) in [6.07, 6.45) is 7.45. The third-order valence-corrected chi connectivity index (χ3v) is 10.1. The molecule has 0 aliphatic carbocycles. The number of carbonyl (C=O) groups excluding carboxylic acids is 2. The fourth-order valence-corrected chi connectivity index (χ4v) is 8.65. The van der Waals surface area contributed by atoms with Crippen LogP contribution in [0.3, 0.4) is 0 Å². The van der Waals surface area contributed by atoms with Gasteiger partial charge in [-0.25, -0.2) is 4.79 Å². The van der Waals surface area contributed by atoms with E-state index in [1.54, 1.807) is 25.1 Å². The van der Waals surface area contributed by atoms with E-state index in [4.69, 9.17) is 9.47 Å². The Morgan fingerprint density at radius 3 is 2.35 bits per heavy atom. The maximum atomic E-state index is 13.2. The van der Waals surface area contributed by atoms with Crippen LogP contribution in [0.5, 0.6) is 5.75 Å². The van der Waals surface area contributed by atoms with Crippen LogP contribution >= 0.6 is 7.26 Å². The fraction of sp³-hybridized carbons (Fsp3) is 0.440. The Hall–Kier alpha value is -2.39. The molecule has 1 amide bonds. The zero-order valence-electron chi connectivity index (χ0n) is 17.9. The van der Waals surface area contributed by atoms with E-state index in [-0.39, 0.29) is 19.9 Å². The number of para-hydroxylation sites is 1. The predicted molar refractivity (Wildman–Crippen MR) is 130 cm³/mol. The van der Waals surface area contributed by atoms with Crippen molar-refractivity contribution < 1.29 is 19.1 Å². The van der Waals surface area contributed by atoms with Crippen molar-refractivity contribution in [3.05, 3.63) is 59.7 Å². The quantitative estimate of drug-likeness (QED) is 0.410. The summed E-state index contributed by atoms with van der Waals surface area (Å²) in [4.78, 5) is 25.6. The molecular weight excluding hydrogens is 409 g/mol. The Morgan fingerprint density at radius 1 is 1.00 bits per heavy atom. The third-order valence-electron chi connectivity index (χ3n) is 5.61. The largest absolute Gasteiger partial charge is 0.495 e. The van der Waals surface area contributed by atoms with E-state index in [1.807, 2.05) is 6.07 Å². The van der Waals surface area contributed by atoms with Crippen LogP contribution in [-0.4, -0.2) is 44.1 Å². The van der Waals surface area contributed by atoms with E-state index in [2.05, 4.69) is 29.6 Å². The summed E-state index contributed by atoms with van der Waals surface area (Å²) in [6, 6.07) is 15.6. The Labute approximate surface area is 186 Å². The maximum Gasteiger partial charge on any atom is 0.340 e. The summed E-state index contributed by atoms with van der Waals surface area (Å²) in [5.74, 6) is -0.0395. The molecule has 2 aromatic rings. The molecule has 168 valence electrons. The van der Waals surface area contributed by atoms with Crippen LogP contribution in [0.25, 0.3) is 0 Å². The number of hydrogen-bond acceptors (Lipinski definition) is 4. The van der Waals surface area contributed by atoms with Gasteiger partial charge in [0.2, 0.25) is 0 Å². The second-order valence-electron chi connectivity index (χ2n) is 7.80. The van der Waals surface area contributed by atoms with Gasteiger partial charge in [-0.3, -0.25) is 4.79 Å². The number of carbonyl (C=O) groups is 2. The van der Waals surface area contributed by atoms with E-state index in [1.165, 1.54) is 31.9 Å². The molecule has 1 fully saturated rings. The van der Waals surface area contributed by atoms with Gasteiger partial charge in [0, 0.05) is 7.26 Å². The lowest BCUT2D eigenvalue weighted by Gasteiger charge is -2.31. The predicted octanol–water partition coefficient (Wildman–Crippen LogP) is 5.85. The molecule has 0 radical (unpaired) electrons. The average molecular weight is 445 g/mol. The van der Waals surface area contributed by atoms with Gasteiger partial charge in [0.15, 0.2) is 0 Å². The molecule has 0 spiro atoms. The van der Waals surface area contributed by atoms with Crippen molar-refractivity contribution in [1.82, 2.24) is 0 Å². The summed E-state index contributed by atoms with van der Waals surface area (Å²) in [5.41, 5.74) is 2.03. The number of esters is 1. The number of amides is 1. The molecule has 1 heterocycles. The van der Waals surface area contributed by atoms with Crippen LogP contribution in [0.4, 0.5) is 5.69 Å². The van der Waals surface area contributed by atoms with E-state index in [0.717, 1.165) is 18.5 Å². The molecular formula is C25H35NO4P+. The van der Waals surface area contributed by atoms with Crippen molar-refractivity contribution in [3.8, 4) is 5.75 Å². The van der Waals surface area contributed by atoms with Gasteiger partial charge in [0.05, 0.1) is 43.5 Å². The van der Waals surface area contributed by atoms with Gasteiger partial charge in [-0.05, 0) is 43.9 Å². The van der Waals surface area contributed by atoms with E-state index >= 15 is 0 Å². The highest BCUT2D eigenvalue weighted by atomic mass is 31.2. The molecule has 0 atom stereocenters. The molecule has 3 rings (SSSR count). The second kappa shape index (κ2) is 11.9. The number of ether oxygens (including phenoxy) is 2. The fourth-order valence-electron chi connectivity index (χ4n) is 4.22. The van der Waals surface area contributed by atoms with Gasteiger partial charge in [0.25, 0.3) is 5.91 Å². The normalized spacial score (nSPS) is 14.8. The number of nitrogens with one attached hydrogen (secondary N) is 1. The number of hydrogen-bond donors (Lipinski definition) is 1. The highest BCUT2D eigenvalue weighted by Gasteiger charge is 2.41. The van der Waals surface area contributed by atoms with Gasteiger partial charge < -0.3 is 14.8 Å². The number of benzene rings is 2. The van der Waals surface area contributed by atoms with E-state index < -0.39 is 13.2 Å². The minimum Gasteiger partial charge on any atom is -0.495 e. The first-order chi connectivity index (χ1) is 14.6. The van der Waals surface area contributed by atoms with Crippen molar-refractivity contribution in [3.63, 3.8) is 0 Å². The van der Waals surface area contributed by atoms with Crippen molar-refractivity contribution in [2.75, 3.05) is 37.5 Å². The van der Waals surface area contributed by atoms with Crippen LogP contribution in [-0.2, 0) is 15.7 Å². The van der Waals surface area contributed by atoms with Gasteiger partial charge in [0.1, 0.15) is 11.9 Å². The van der Waals surface area contributed by atoms with Gasteiger partial charge >= 0.3 is 5.97 Å². The molecule has 6 heteroatoms. The highest BCUT2D eigenvalue weighted by Crippen LogP contribution is 2.64. The lowest BCUT2D eigenvalue weighted by Crippen LogP contribution is -2.25. The average Bonchev–Trinajstić information content (AvgIpc) is 2.75. The molecule has 0 unspecified atom stereocenters. The topological polar surface area (TPSA) is 64.6 Å². The molecule has 5 nitrogen and oxygen atoms in total. The summed E-state index contributed by atoms with van der Waals surface area (Å²) in [7, 11) is 0.0833. The van der Waals surface area contributed by atoms with Crippen molar-refractivity contribution in [2.24, 2.45) is 0 Å². The Kier molecular flexibility index (Phi) is 9.51. The molecule has 0 aromatic heterocycles. The van der Waals surface area contributed by atoms with Crippen LogP contribution < -0.4 is 10.1 Å². The zero-order valence-corrected chi connectivity index (χ0v) is 18.8. The Morgan fingerprint density at radius 2 is 1.71 bits per heavy atom. The maximum absolute atomic E-state index is 13.2. The first kappa shape index (κ1) is 24.9. The summed E-state index contributed by atoms with van der Waals surface area (Å²) in [5, 5.41) is 2.99. The summed E-state index contributed by atoms with van der Waals surface area (Å²) < 4.78 is 10.6. The third kappa shape index (κ3) is 6.54. The van der Waals surface area contributed by atoms with E-state index in [9.17, 15) is 9.59 Å². The summed E-state index contributed by atoms with van der Waals surface area (Å²) >= 11 is 0. The number of methoxy groups -OCH3 is 1. The monoisotopic (exact) mass is 444 g/mol. The lowest BCUT2D eigenvalue weighted by molar-refractivity contribution is -0.113. The van der Waals surface area contributed by atoms with Crippen LogP contribution in [0.2, 0.25) is 0 Å². The highest BCUT2D eigenvalue weighted by molar-refractivity contribution is 7.76. The molecule has 1 saturated heterocycles. The van der Waals surface area contributed by atoms with Crippen LogP contribution in [0.1, 0.15) is 49.5 Å². The first-order valence-electron chi connectivity index (χ1n) is 10.6. The lowest BCUT2D eigenvalue weighted by atomic mass is 10.1. The molecule has 0 bridgehead atoms. The molecule has 1 aliphatic heterocycles. The number of anilines is 1. The Bertz CT molecular complexity index is 863. The van der Waals surface area contributed by atoms with Gasteiger partial charge in [-0.1, -0.05) is 43.8 Å². The molecule has 1 N–H and O–H groups in total. The van der Waals surface area contributed by atoms with Crippen LogP contribution in [0, 0.1) is 0 Å². The standard InChI is InChI=1S/C24H30NO4P.CH4/c1-3-29-24(27)20-13-10-14-21(28-2)23(20)25-22(26)18-30(15-8-5-9-16-30)17-19-11-6-4-7-12-19;/h4,6-7,10-14H,3,5,8-9,15-18H2,1-2H3;1H4/p+1. The van der Waals surface area contributed by atoms with Crippen molar-refractivity contribution in [2.45, 2.75) is 39.8 Å². The number of rotatable bonds is 8. The SMILES string of the molecule is C.CCOC(=O)c1cccc(OC)c1NC(=O)C[P+]1(Cc2ccccc2)CCCCC1. The summed E-state index contributed by atoms with van der Waals surface area (Å²) in [6.45, 7) is 2.03. The van der Waals surface area contributed by atoms with Gasteiger partial charge in [-0.2, -0.15) is 0 Å². The molecule has 0 saturated carbocycles. The smallest absolute Gasteiger partial charge is 0.340 e. The van der Waals surface area contributed by atoms with E-state index in [0.29, 0.717) is 23.2 Å². The Balaban J connectivity index is 0.00000341. The molecule has 2 aromatic carbocycles.